The van der Waals surface area contributed by atoms with Gasteiger partial charge in [-0.3, -0.25) is 14.9 Å². The van der Waals surface area contributed by atoms with Crippen molar-refractivity contribution in [3.05, 3.63) is 29.8 Å². The molecule has 0 saturated carbocycles. The molecule has 0 saturated heterocycles. The molecule has 1 atom stereocenters. The number of hydrogen-bond donors (Lipinski definition) is 4. The first-order valence-corrected chi connectivity index (χ1v) is 6.55. The summed E-state index contributed by atoms with van der Waals surface area (Å²) in [6.45, 7) is 1.65. The van der Waals surface area contributed by atoms with Crippen LogP contribution in [0.15, 0.2) is 24.3 Å². The van der Waals surface area contributed by atoms with Gasteiger partial charge in [0.05, 0.1) is 6.42 Å². The minimum atomic E-state index is -0.563. The molecule has 1 aromatic rings. The zero-order valence-corrected chi connectivity index (χ0v) is 12.3. The van der Waals surface area contributed by atoms with Gasteiger partial charge in [0.25, 0.3) is 0 Å². The van der Waals surface area contributed by atoms with Gasteiger partial charge >= 0.3 is 6.03 Å². The first-order chi connectivity index (χ1) is 9.96. The van der Waals surface area contributed by atoms with Crippen LogP contribution in [0.1, 0.15) is 12.5 Å². The summed E-state index contributed by atoms with van der Waals surface area (Å²) in [5, 5.41) is 10.0. The predicted molar refractivity (Wildman–Crippen MR) is 79.9 cm³/mol. The number of rotatable bonds is 5. The molecule has 0 aliphatic carbocycles. The Morgan fingerprint density at radius 1 is 1.05 bits per heavy atom. The Bertz CT molecular complexity index is 513. The molecular formula is C14H20N4O3. The highest BCUT2D eigenvalue weighted by atomic mass is 16.2. The minimum Gasteiger partial charge on any atom is -0.374 e. The minimum absolute atomic E-state index is 0.0611. The Balaban J connectivity index is 2.56. The van der Waals surface area contributed by atoms with Crippen molar-refractivity contribution in [2.24, 2.45) is 0 Å². The van der Waals surface area contributed by atoms with E-state index in [0.29, 0.717) is 6.42 Å². The van der Waals surface area contributed by atoms with E-state index in [1.54, 1.807) is 38.2 Å². The van der Waals surface area contributed by atoms with Gasteiger partial charge in [0.15, 0.2) is 0 Å². The molecule has 21 heavy (non-hydrogen) atoms. The van der Waals surface area contributed by atoms with Gasteiger partial charge in [-0.2, -0.15) is 0 Å². The highest BCUT2D eigenvalue weighted by molar-refractivity contribution is 5.97. The monoisotopic (exact) mass is 292 g/mol. The molecule has 7 nitrogen and oxygen atoms in total. The van der Waals surface area contributed by atoms with Crippen molar-refractivity contribution >= 4 is 23.5 Å². The normalized spacial score (nSPS) is 11.2. The summed E-state index contributed by atoms with van der Waals surface area (Å²) in [6, 6.07) is 6.06. The third-order valence-electron chi connectivity index (χ3n) is 2.84. The van der Waals surface area contributed by atoms with E-state index in [1.807, 2.05) is 0 Å². The average Bonchev–Trinajstić information content (AvgIpc) is 2.48. The maximum absolute atomic E-state index is 11.7. The van der Waals surface area contributed by atoms with E-state index in [1.165, 1.54) is 7.05 Å². The first-order valence-electron chi connectivity index (χ1n) is 6.55. The molecule has 4 amide bonds. The van der Waals surface area contributed by atoms with Crippen LogP contribution in [0.3, 0.4) is 0 Å². The molecular weight excluding hydrogens is 272 g/mol. The number of benzene rings is 1. The van der Waals surface area contributed by atoms with Crippen molar-refractivity contribution in [3.8, 4) is 0 Å². The molecule has 0 spiro atoms. The molecule has 0 heterocycles. The maximum Gasteiger partial charge on any atom is 0.321 e. The van der Waals surface area contributed by atoms with Gasteiger partial charge in [-0.15, -0.1) is 0 Å². The lowest BCUT2D eigenvalue weighted by molar-refractivity contribution is -0.121. The van der Waals surface area contributed by atoms with E-state index in [-0.39, 0.29) is 5.91 Å². The van der Waals surface area contributed by atoms with Crippen LogP contribution >= 0.6 is 0 Å². The average molecular weight is 292 g/mol. The number of imide groups is 1. The van der Waals surface area contributed by atoms with E-state index >= 15 is 0 Å². The number of carbonyl (C=O) groups is 3. The summed E-state index contributed by atoms with van der Waals surface area (Å²) in [7, 11) is 3.02. The molecule has 0 radical (unpaired) electrons. The molecule has 0 bridgehead atoms. The molecule has 1 unspecified atom stereocenters. The zero-order chi connectivity index (χ0) is 15.8. The predicted octanol–water partition coefficient (Wildman–Crippen LogP) is 0.231. The van der Waals surface area contributed by atoms with Crippen LogP contribution in [-0.2, 0) is 16.0 Å². The van der Waals surface area contributed by atoms with E-state index in [2.05, 4.69) is 21.3 Å². The van der Waals surface area contributed by atoms with E-state index in [9.17, 15) is 14.4 Å². The first kappa shape index (κ1) is 16.5. The fourth-order valence-electron chi connectivity index (χ4n) is 1.59. The fraction of sp³-hybridized carbons (Fsp3) is 0.357. The standard InChI is InChI=1S/C14H20N4O3/c1-9(13(20)18-14(21)16-3)17-11-6-4-10(5-7-11)8-12(19)15-2/h4-7,9,17H,8H2,1-3H3,(H,15,19)(H2,16,18,20,21). The lowest BCUT2D eigenvalue weighted by Crippen LogP contribution is -2.44. The largest absolute Gasteiger partial charge is 0.374 e. The molecule has 0 fully saturated rings. The van der Waals surface area contributed by atoms with Crippen molar-refractivity contribution in [3.63, 3.8) is 0 Å². The molecule has 4 N–H and O–H groups in total. The smallest absolute Gasteiger partial charge is 0.321 e. The van der Waals surface area contributed by atoms with E-state index < -0.39 is 18.0 Å². The molecule has 7 heteroatoms. The second kappa shape index (κ2) is 7.88. The number of amides is 4. The van der Waals surface area contributed by atoms with Crippen LogP contribution in [0.5, 0.6) is 0 Å². The third-order valence-corrected chi connectivity index (χ3v) is 2.84. The van der Waals surface area contributed by atoms with E-state index in [0.717, 1.165) is 11.3 Å². The number of hydrogen-bond acceptors (Lipinski definition) is 4. The molecule has 0 aromatic heterocycles. The number of likely N-dealkylation sites (N-methyl/N-ethyl adjacent to an activating group) is 1. The third kappa shape index (κ3) is 5.52. The van der Waals surface area contributed by atoms with Crippen molar-refractivity contribution in [2.45, 2.75) is 19.4 Å². The Hall–Kier alpha value is -2.57. The van der Waals surface area contributed by atoms with Crippen molar-refractivity contribution in [1.29, 1.82) is 0 Å². The summed E-state index contributed by atoms with van der Waals surface area (Å²) in [5.41, 5.74) is 1.61. The Morgan fingerprint density at radius 2 is 1.67 bits per heavy atom. The van der Waals surface area contributed by atoms with Gasteiger partial charge in [-0.05, 0) is 24.6 Å². The molecule has 0 aliphatic rings. The highest BCUT2D eigenvalue weighted by Crippen LogP contribution is 2.11. The van der Waals surface area contributed by atoms with Crippen molar-refractivity contribution < 1.29 is 14.4 Å². The molecule has 114 valence electrons. The number of carbonyl (C=O) groups excluding carboxylic acids is 3. The van der Waals surface area contributed by atoms with Crippen molar-refractivity contribution in [2.75, 3.05) is 19.4 Å². The highest BCUT2D eigenvalue weighted by Gasteiger charge is 2.14. The summed E-state index contributed by atoms with van der Waals surface area (Å²) >= 11 is 0. The maximum atomic E-state index is 11.7. The lowest BCUT2D eigenvalue weighted by atomic mass is 10.1. The zero-order valence-electron chi connectivity index (χ0n) is 12.3. The fourth-order valence-corrected chi connectivity index (χ4v) is 1.59. The molecule has 1 rings (SSSR count). The molecule has 0 aliphatic heterocycles. The van der Waals surface area contributed by atoms with Gasteiger partial charge in [0, 0.05) is 19.8 Å². The molecule has 1 aromatic carbocycles. The van der Waals surface area contributed by atoms with Crippen LogP contribution in [0.4, 0.5) is 10.5 Å². The quantitative estimate of drug-likeness (QED) is 0.624. The SMILES string of the molecule is CNC(=O)Cc1ccc(NC(C)C(=O)NC(=O)NC)cc1. The number of nitrogens with one attached hydrogen (secondary N) is 4. The van der Waals surface area contributed by atoms with Crippen molar-refractivity contribution in [1.82, 2.24) is 16.0 Å². The topological polar surface area (TPSA) is 99.3 Å². The number of anilines is 1. The Kier molecular flexibility index (Phi) is 6.19. The Labute approximate surface area is 123 Å². The van der Waals surface area contributed by atoms with Gasteiger partial charge in [0.1, 0.15) is 6.04 Å². The second-order valence-corrected chi connectivity index (χ2v) is 4.48. The van der Waals surface area contributed by atoms with Crippen LogP contribution < -0.4 is 21.3 Å². The Morgan fingerprint density at radius 3 is 2.19 bits per heavy atom. The lowest BCUT2D eigenvalue weighted by Gasteiger charge is -2.14. The number of urea groups is 1. The summed E-state index contributed by atoms with van der Waals surface area (Å²) in [4.78, 5) is 34.0. The second-order valence-electron chi connectivity index (χ2n) is 4.48. The van der Waals surface area contributed by atoms with Gasteiger partial charge in [-0.1, -0.05) is 12.1 Å². The summed E-state index contributed by atoms with van der Waals surface area (Å²) in [5.74, 6) is -0.488. The van der Waals surface area contributed by atoms with Gasteiger partial charge in [0.2, 0.25) is 11.8 Å². The van der Waals surface area contributed by atoms with Crippen LogP contribution in [0.2, 0.25) is 0 Å². The van der Waals surface area contributed by atoms with Gasteiger partial charge in [-0.25, -0.2) is 4.79 Å². The van der Waals surface area contributed by atoms with Crippen LogP contribution in [0, 0.1) is 0 Å². The van der Waals surface area contributed by atoms with Crippen LogP contribution in [-0.4, -0.2) is 38.0 Å². The summed E-state index contributed by atoms with van der Waals surface area (Å²) in [6.07, 6.45) is 0.309. The summed E-state index contributed by atoms with van der Waals surface area (Å²) < 4.78 is 0. The van der Waals surface area contributed by atoms with Gasteiger partial charge < -0.3 is 16.0 Å². The van der Waals surface area contributed by atoms with Crippen LogP contribution in [0.25, 0.3) is 0 Å². The van der Waals surface area contributed by atoms with E-state index in [4.69, 9.17) is 0 Å².